The Kier molecular flexibility index (Phi) is 5.13. The Morgan fingerprint density at radius 3 is 2.70 bits per heavy atom. The first-order chi connectivity index (χ1) is 19.5. The Balaban J connectivity index is 1.33. The molecule has 7 rings (SSSR count). The van der Waals surface area contributed by atoms with Gasteiger partial charge in [-0.05, 0) is 50.3 Å². The molecule has 0 saturated heterocycles. The van der Waals surface area contributed by atoms with E-state index < -0.39 is 5.54 Å². The molecule has 194 valence electrons. The quantitative estimate of drug-likeness (QED) is 0.334. The molecule has 1 amide bonds. The third-order valence-corrected chi connectivity index (χ3v) is 8.58. The molecule has 4 aromatic heterocycles. The molecule has 9 nitrogen and oxygen atoms in total. The Morgan fingerprint density at radius 1 is 1.07 bits per heavy atom. The molecule has 3 N–H and O–H groups in total. The number of nitrogens with two attached hydrogens (primary N) is 1. The lowest BCUT2D eigenvalue weighted by molar-refractivity contribution is 0.0900. The van der Waals surface area contributed by atoms with Crippen LogP contribution >= 0.6 is 0 Å². The highest BCUT2D eigenvalue weighted by atomic mass is 16.1. The topological polar surface area (TPSA) is 135 Å². The standard InChI is InChI=1S/C31H24N8O/c1-2-24-25(21-12-20-5-3-4-6-23(20)35-16-21)26-27(33)36-18-37-28(26)39(24)31-9-7-30(17-31,8-10-31)38-29(40)22-11-19(13-32)14-34-15-22/h1,3-6,11-12,14-16,18H,7-10,17H2,(H,38,40)(H2,33,36,37). The molecule has 4 heterocycles. The van der Waals surface area contributed by atoms with E-state index in [0.717, 1.165) is 53.1 Å². The van der Waals surface area contributed by atoms with Crippen molar-refractivity contribution < 1.29 is 4.79 Å². The fourth-order valence-electron chi connectivity index (χ4n) is 6.81. The maximum Gasteiger partial charge on any atom is 0.253 e. The van der Waals surface area contributed by atoms with E-state index in [4.69, 9.17) is 17.1 Å². The number of rotatable bonds is 4. The molecule has 0 unspecified atom stereocenters. The van der Waals surface area contributed by atoms with Crippen LogP contribution in [0.25, 0.3) is 33.1 Å². The highest BCUT2D eigenvalue weighted by Gasteiger charge is 2.57. The van der Waals surface area contributed by atoms with Crippen LogP contribution in [0.5, 0.6) is 0 Å². The number of benzene rings is 1. The number of aromatic nitrogens is 5. The van der Waals surface area contributed by atoms with Crippen molar-refractivity contribution in [2.24, 2.45) is 0 Å². The van der Waals surface area contributed by atoms with Gasteiger partial charge in [0.15, 0.2) is 0 Å². The van der Waals surface area contributed by atoms with Crippen LogP contribution in [-0.4, -0.2) is 35.9 Å². The predicted octanol–water partition coefficient (Wildman–Crippen LogP) is 4.32. The number of nitrogens with one attached hydrogen (secondary N) is 1. The SMILES string of the molecule is C#Cc1c(-c2cnc3ccccc3c2)c2c(N)ncnc2n1C12CCC(NC(=O)c3cncc(C#N)c3)(CC1)C2. The fourth-order valence-corrected chi connectivity index (χ4v) is 6.81. The molecular weight excluding hydrogens is 500 g/mol. The molecule has 40 heavy (non-hydrogen) atoms. The van der Waals surface area contributed by atoms with Crippen LogP contribution in [0.1, 0.15) is 53.7 Å². The Labute approximate surface area is 230 Å². The molecule has 2 aliphatic rings. The number of amides is 1. The van der Waals surface area contributed by atoms with Crippen LogP contribution in [0, 0.1) is 23.7 Å². The van der Waals surface area contributed by atoms with Gasteiger partial charge in [-0.2, -0.15) is 5.26 Å². The number of para-hydroxylation sites is 1. The summed E-state index contributed by atoms with van der Waals surface area (Å²) in [5.74, 6) is 3.09. The molecule has 2 aliphatic carbocycles. The predicted molar refractivity (Wildman–Crippen MR) is 151 cm³/mol. The largest absolute Gasteiger partial charge is 0.383 e. The van der Waals surface area contributed by atoms with Gasteiger partial charge in [0, 0.05) is 46.2 Å². The summed E-state index contributed by atoms with van der Waals surface area (Å²) in [6, 6.07) is 13.6. The summed E-state index contributed by atoms with van der Waals surface area (Å²) in [6.45, 7) is 0. The molecule has 0 aliphatic heterocycles. The number of hydrogen-bond donors (Lipinski definition) is 2. The van der Waals surface area contributed by atoms with Gasteiger partial charge in [0.05, 0.1) is 22.0 Å². The number of fused-ring (bicyclic) bond motifs is 4. The summed E-state index contributed by atoms with van der Waals surface area (Å²) in [4.78, 5) is 31.0. The molecule has 0 radical (unpaired) electrons. The molecule has 2 bridgehead atoms. The number of pyridine rings is 2. The number of nitrogen functional groups attached to an aromatic ring is 1. The second-order valence-corrected chi connectivity index (χ2v) is 10.8. The first-order valence-electron chi connectivity index (χ1n) is 13.1. The van der Waals surface area contributed by atoms with E-state index in [-0.39, 0.29) is 11.4 Å². The summed E-state index contributed by atoms with van der Waals surface area (Å²) < 4.78 is 2.17. The number of carbonyl (C=O) groups excluding carboxylic acids is 1. The van der Waals surface area contributed by atoms with Crippen LogP contribution in [-0.2, 0) is 5.54 Å². The molecule has 0 spiro atoms. The van der Waals surface area contributed by atoms with Gasteiger partial charge in [-0.1, -0.05) is 24.1 Å². The number of nitrogens with zero attached hydrogens (tertiary/aromatic N) is 6. The Hall–Kier alpha value is -5.28. The van der Waals surface area contributed by atoms with Gasteiger partial charge in [-0.3, -0.25) is 14.8 Å². The van der Waals surface area contributed by atoms with E-state index in [1.807, 2.05) is 36.5 Å². The lowest BCUT2D eigenvalue weighted by Crippen LogP contribution is -2.45. The normalized spacial score (nSPS) is 21.4. The van der Waals surface area contributed by atoms with Gasteiger partial charge in [0.25, 0.3) is 5.91 Å². The highest BCUT2D eigenvalue weighted by Crippen LogP contribution is 2.57. The zero-order valence-corrected chi connectivity index (χ0v) is 21.6. The second-order valence-electron chi connectivity index (χ2n) is 10.8. The van der Waals surface area contributed by atoms with Crippen LogP contribution in [0.15, 0.2) is 61.3 Å². The molecular formula is C31H24N8O. The van der Waals surface area contributed by atoms with Crippen molar-refractivity contribution in [3.8, 4) is 29.5 Å². The number of nitriles is 1. The third-order valence-electron chi connectivity index (χ3n) is 8.58. The van der Waals surface area contributed by atoms with Gasteiger partial charge < -0.3 is 15.6 Å². The van der Waals surface area contributed by atoms with Crippen molar-refractivity contribution in [1.82, 2.24) is 29.8 Å². The van der Waals surface area contributed by atoms with Gasteiger partial charge in [-0.15, -0.1) is 6.42 Å². The molecule has 2 saturated carbocycles. The van der Waals surface area contributed by atoms with Gasteiger partial charge in [0.2, 0.25) is 0 Å². The third kappa shape index (κ3) is 3.45. The van der Waals surface area contributed by atoms with Gasteiger partial charge in [0.1, 0.15) is 29.6 Å². The Morgan fingerprint density at radius 2 is 1.90 bits per heavy atom. The molecule has 0 atom stereocenters. The van der Waals surface area contributed by atoms with Crippen molar-refractivity contribution >= 4 is 33.7 Å². The second kappa shape index (κ2) is 8.62. The van der Waals surface area contributed by atoms with E-state index in [1.54, 1.807) is 6.07 Å². The number of anilines is 1. The first kappa shape index (κ1) is 23.8. The van der Waals surface area contributed by atoms with Crippen LogP contribution in [0.4, 0.5) is 5.82 Å². The van der Waals surface area contributed by atoms with Crippen LogP contribution in [0.2, 0.25) is 0 Å². The van der Waals surface area contributed by atoms with E-state index >= 15 is 0 Å². The maximum atomic E-state index is 13.2. The van der Waals surface area contributed by atoms with E-state index in [2.05, 4.69) is 36.8 Å². The summed E-state index contributed by atoms with van der Waals surface area (Å²) in [6.07, 6.45) is 16.4. The average molecular weight is 525 g/mol. The monoisotopic (exact) mass is 524 g/mol. The smallest absolute Gasteiger partial charge is 0.253 e. The molecule has 5 aromatic rings. The maximum absolute atomic E-state index is 13.2. The van der Waals surface area contributed by atoms with Crippen molar-refractivity contribution in [3.63, 3.8) is 0 Å². The average Bonchev–Trinajstić information content (AvgIpc) is 3.65. The van der Waals surface area contributed by atoms with Crippen molar-refractivity contribution in [3.05, 3.63) is 78.1 Å². The summed E-state index contributed by atoms with van der Waals surface area (Å²) in [5.41, 5.74) is 10.4. The Bertz CT molecular complexity index is 1940. The zero-order chi connectivity index (χ0) is 27.5. The number of carbonyl (C=O) groups is 1. The summed E-state index contributed by atoms with van der Waals surface area (Å²) in [7, 11) is 0. The highest BCUT2D eigenvalue weighted by molar-refractivity contribution is 6.04. The van der Waals surface area contributed by atoms with Gasteiger partial charge >= 0.3 is 0 Å². The van der Waals surface area contributed by atoms with E-state index in [1.165, 1.54) is 18.7 Å². The lowest BCUT2D eigenvalue weighted by atomic mass is 9.90. The number of hydrogen-bond acceptors (Lipinski definition) is 7. The van der Waals surface area contributed by atoms with Crippen LogP contribution < -0.4 is 11.1 Å². The minimum Gasteiger partial charge on any atom is -0.383 e. The minimum absolute atomic E-state index is 0.230. The van der Waals surface area contributed by atoms with Gasteiger partial charge in [-0.25, -0.2) is 9.97 Å². The molecule has 2 fully saturated rings. The fraction of sp³-hybridized carbons (Fsp3) is 0.226. The number of terminal acetylenes is 1. The van der Waals surface area contributed by atoms with Crippen LogP contribution in [0.3, 0.4) is 0 Å². The minimum atomic E-state index is -0.397. The first-order valence-corrected chi connectivity index (χ1v) is 13.1. The molecule has 9 heteroatoms. The van der Waals surface area contributed by atoms with E-state index in [0.29, 0.717) is 34.7 Å². The van der Waals surface area contributed by atoms with Crippen molar-refractivity contribution in [1.29, 1.82) is 5.26 Å². The van der Waals surface area contributed by atoms with E-state index in [9.17, 15) is 10.1 Å². The lowest BCUT2D eigenvalue weighted by Gasteiger charge is -2.30. The van der Waals surface area contributed by atoms with Crippen molar-refractivity contribution in [2.75, 3.05) is 5.73 Å². The molecule has 1 aromatic carbocycles. The summed E-state index contributed by atoms with van der Waals surface area (Å²) >= 11 is 0. The summed E-state index contributed by atoms with van der Waals surface area (Å²) in [5, 5.41) is 14.2. The zero-order valence-electron chi connectivity index (χ0n) is 21.6. The van der Waals surface area contributed by atoms with Crippen molar-refractivity contribution in [2.45, 2.75) is 43.2 Å².